The molecule has 116 valence electrons. The van der Waals surface area contributed by atoms with Gasteiger partial charge < -0.3 is 15.5 Å². The summed E-state index contributed by atoms with van der Waals surface area (Å²) in [7, 11) is 0. The van der Waals surface area contributed by atoms with Crippen LogP contribution >= 0.6 is 0 Å². The fourth-order valence-corrected chi connectivity index (χ4v) is 3.37. The molecule has 0 spiro atoms. The summed E-state index contributed by atoms with van der Waals surface area (Å²) in [5.41, 5.74) is 0. The first kappa shape index (κ1) is 15.8. The standard InChI is InChI=1S/C16H31N3O/c1-3-4-10-19-11-7-14(8-12-19)18-16(20)15-13(2)6-5-9-17-15/h13-15,17H,3-12H2,1-2H3,(H,18,20). The molecule has 2 saturated heterocycles. The van der Waals surface area contributed by atoms with E-state index >= 15 is 0 Å². The Morgan fingerprint density at radius 2 is 2.05 bits per heavy atom. The molecule has 0 radical (unpaired) electrons. The molecule has 2 atom stereocenters. The lowest BCUT2D eigenvalue weighted by molar-refractivity contribution is -0.125. The van der Waals surface area contributed by atoms with Crippen LogP contribution in [0.2, 0.25) is 0 Å². The van der Waals surface area contributed by atoms with Crippen LogP contribution in [0.25, 0.3) is 0 Å². The highest BCUT2D eigenvalue weighted by Crippen LogP contribution is 2.17. The highest BCUT2D eigenvalue weighted by molar-refractivity contribution is 5.82. The Balaban J connectivity index is 1.70. The largest absolute Gasteiger partial charge is 0.352 e. The summed E-state index contributed by atoms with van der Waals surface area (Å²) in [6.07, 6.45) is 7.14. The van der Waals surface area contributed by atoms with Crippen molar-refractivity contribution >= 4 is 5.91 Å². The first-order valence-corrected chi connectivity index (χ1v) is 8.46. The molecule has 0 aliphatic carbocycles. The summed E-state index contributed by atoms with van der Waals surface area (Å²) in [5.74, 6) is 0.692. The number of likely N-dealkylation sites (tertiary alicyclic amines) is 1. The molecule has 2 N–H and O–H groups in total. The Morgan fingerprint density at radius 1 is 1.30 bits per heavy atom. The number of nitrogens with one attached hydrogen (secondary N) is 2. The zero-order chi connectivity index (χ0) is 14.4. The van der Waals surface area contributed by atoms with Gasteiger partial charge in [0.05, 0.1) is 6.04 Å². The lowest BCUT2D eigenvalue weighted by atomic mass is 9.91. The molecule has 2 unspecified atom stereocenters. The second-order valence-electron chi connectivity index (χ2n) is 6.53. The molecule has 2 aliphatic heterocycles. The van der Waals surface area contributed by atoms with Crippen molar-refractivity contribution in [3.63, 3.8) is 0 Å². The molecule has 0 bridgehead atoms. The molecular formula is C16H31N3O. The Bertz CT molecular complexity index is 300. The highest BCUT2D eigenvalue weighted by atomic mass is 16.2. The molecule has 2 fully saturated rings. The van der Waals surface area contributed by atoms with Crippen molar-refractivity contribution in [1.82, 2.24) is 15.5 Å². The van der Waals surface area contributed by atoms with Crippen LogP contribution in [0.1, 0.15) is 52.4 Å². The average Bonchev–Trinajstić information content (AvgIpc) is 2.47. The van der Waals surface area contributed by atoms with E-state index in [-0.39, 0.29) is 11.9 Å². The second-order valence-corrected chi connectivity index (χ2v) is 6.53. The zero-order valence-electron chi connectivity index (χ0n) is 13.2. The van der Waals surface area contributed by atoms with Crippen molar-refractivity contribution in [2.24, 2.45) is 5.92 Å². The monoisotopic (exact) mass is 281 g/mol. The van der Waals surface area contributed by atoms with E-state index in [2.05, 4.69) is 29.4 Å². The molecule has 2 heterocycles. The van der Waals surface area contributed by atoms with Gasteiger partial charge in [-0.25, -0.2) is 0 Å². The third-order valence-corrected chi connectivity index (χ3v) is 4.81. The number of hydrogen-bond donors (Lipinski definition) is 2. The van der Waals surface area contributed by atoms with Crippen molar-refractivity contribution in [1.29, 1.82) is 0 Å². The topological polar surface area (TPSA) is 44.4 Å². The van der Waals surface area contributed by atoms with Gasteiger partial charge >= 0.3 is 0 Å². The van der Waals surface area contributed by atoms with Gasteiger partial charge in [0.2, 0.25) is 5.91 Å². The van der Waals surface area contributed by atoms with Crippen LogP contribution in [0.4, 0.5) is 0 Å². The fraction of sp³-hybridized carbons (Fsp3) is 0.938. The van der Waals surface area contributed by atoms with Gasteiger partial charge in [0.25, 0.3) is 0 Å². The van der Waals surface area contributed by atoms with Gasteiger partial charge in [-0.05, 0) is 51.1 Å². The Morgan fingerprint density at radius 3 is 2.70 bits per heavy atom. The number of nitrogens with zero attached hydrogens (tertiary/aromatic N) is 1. The summed E-state index contributed by atoms with van der Waals surface area (Å²) in [6.45, 7) is 8.91. The van der Waals surface area contributed by atoms with Crippen molar-refractivity contribution in [3.8, 4) is 0 Å². The Labute approximate surface area is 123 Å². The van der Waals surface area contributed by atoms with Gasteiger partial charge in [-0.1, -0.05) is 20.3 Å². The summed E-state index contributed by atoms with van der Waals surface area (Å²) >= 11 is 0. The van der Waals surface area contributed by atoms with Crippen LogP contribution < -0.4 is 10.6 Å². The summed E-state index contributed by atoms with van der Waals surface area (Å²) in [4.78, 5) is 14.9. The number of amides is 1. The van der Waals surface area contributed by atoms with Gasteiger partial charge in [-0.3, -0.25) is 4.79 Å². The van der Waals surface area contributed by atoms with Crippen LogP contribution in [0, 0.1) is 5.92 Å². The zero-order valence-corrected chi connectivity index (χ0v) is 13.2. The highest BCUT2D eigenvalue weighted by Gasteiger charge is 2.29. The minimum Gasteiger partial charge on any atom is -0.352 e. The quantitative estimate of drug-likeness (QED) is 0.807. The third-order valence-electron chi connectivity index (χ3n) is 4.81. The summed E-state index contributed by atoms with van der Waals surface area (Å²) in [6, 6.07) is 0.415. The Kier molecular flexibility index (Phi) is 6.30. The molecule has 0 saturated carbocycles. The molecule has 20 heavy (non-hydrogen) atoms. The van der Waals surface area contributed by atoms with E-state index in [0.717, 1.165) is 32.5 Å². The number of rotatable bonds is 5. The number of carbonyl (C=O) groups is 1. The summed E-state index contributed by atoms with van der Waals surface area (Å²) in [5, 5.41) is 6.64. The minimum atomic E-state index is 0.0295. The maximum absolute atomic E-state index is 12.3. The predicted molar refractivity (Wildman–Crippen MR) is 82.7 cm³/mol. The first-order chi connectivity index (χ1) is 9.70. The lowest BCUT2D eigenvalue weighted by Crippen LogP contribution is -2.54. The molecule has 4 nitrogen and oxygen atoms in total. The van der Waals surface area contributed by atoms with E-state index in [4.69, 9.17) is 0 Å². The average molecular weight is 281 g/mol. The molecule has 0 aromatic heterocycles. The van der Waals surface area contributed by atoms with Gasteiger partial charge in [0.1, 0.15) is 0 Å². The van der Waals surface area contributed by atoms with Gasteiger partial charge in [0, 0.05) is 19.1 Å². The van der Waals surface area contributed by atoms with E-state index in [9.17, 15) is 4.79 Å². The van der Waals surface area contributed by atoms with Gasteiger partial charge in [0.15, 0.2) is 0 Å². The maximum Gasteiger partial charge on any atom is 0.237 e. The van der Waals surface area contributed by atoms with E-state index in [1.54, 1.807) is 0 Å². The van der Waals surface area contributed by atoms with Crippen molar-refractivity contribution in [3.05, 3.63) is 0 Å². The number of hydrogen-bond acceptors (Lipinski definition) is 3. The van der Waals surface area contributed by atoms with E-state index in [0.29, 0.717) is 12.0 Å². The third kappa shape index (κ3) is 4.45. The summed E-state index contributed by atoms with van der Waals surface area (Å²) < 4.78 is 0. The smallest absolute Gasteiger partial charge is 0.237 e. The van der Waals surface area contributed by atoms with Crippen LogP contribution in [0.15, 0.2) is 0 Å². The molecule has 0 aromatic carbocycles. The van der Waals surface area contributed by atoms with Gasteiger partial charge in [-0.15, -0.1) is 0 Å². The fourth-order valence-electron chi connectivity index (χ4n) is 3.37. The molecule has 2 rings (SSSR count). The number of carbonyl (C=O) groups excluding carboxylic acids is 1. The predicted octanol–water partition coefficient (Wildman–Crippen LogP) is 1.76. The first-order valence-electron chi connectivity index (χ1n) is 8.46. The number of piperidine rings is 2. The van der Waals surface area contributed by atoms with E-state index < -0.39 is 0 Å². The molecule has 0 aromatic rings. The SMILES string of the molecule is CCCCN1CCC(NC(=O)C2NCCCC2C)CC1. The molecular weight excluding hydrogens is 250 g/mol. The van der Waals surface area contributed by atoms with Crippen LogP contribution in [-0.2, 0) is 4.79 Å². The van der Waals surface area contributed by atoms with Crippen LogP contribution in [-0.4, -0.2) is 49.1 Å². The lowest BCUT2D eigenvalue weighted by Gasteiger charge is -2.35. The molecule has 2 aliphatic rings. The van der Waals surface area contributed by atoms with Crippen molar-refractivity contribution < 1.29 is 4.79 Å². The van der Waals surface area contributed by atoms with E-state index in [1.165, 1.54) is 32.2 Å². The van der Waals surface area contributed by atoms with E-state index in [1.807, 2.05) is 0 Å². The van der Waals surface area contributed by atoms with Gasteiger partial charge in [-0.2, -0.15) is 0 Å². The Hall–Kier alpha value is -0.610. The normalized spacial score (nSPS) is 29.3. The van der Waals surface area contributed by atoms with Crippen molar-refractivity contribution in [2.75, 3.05) is 26.2 Å². The van der Waals surface area contributed by atoms with Crippen LogP contribution in [0.3, 0.4) is 0 Å². The maximum atomic E-state index is 12.3. The molecule has 4 heteroatoms. The molecule has 1 amide bonds. The number of unbranched alkanes of at least 4 members (excludes halogenated alkanes) is 1. The van der Waals surface area contributed by atoms with Crippen molar-refractivity contribution in [2.45, 2.75) is 64.5 Å². The van der Waals surface area contributed by atoms with Crippen LogP contribution in [0.5, 0.6) is 0 Å². The second kappa shape index (κ2) is 7.99. The minimum absolute atomic E-state index is 0.0295.